The predicted molar refractivity (Wildman–Crippen MR) is 55.1 cm³/mol. The molecule has 0 radical (unpaired) electrons. The first-order valence-corrected chi connectivity index (χ1v) is 4.65. The van der Waals surface area contributed by atoms with Crippen molar-refractivity contribution in [3.63, 3.8) is 0 Å². The third-order valence-corrected chi connectivity index (χ3v) is 2.24. The third kappa shape index (κ3) is 1.81. The quantitative estimate of drug-likeness (QED) is 0.725. The number of rotatable bonds is 2. The Labute approximate surface area is 87.1 Å². The minimum Gasteiger partial charge on any atom is -0.477 e. The van der Waals surface area contributed by atoms with E-state index in [1.807, 2.05) is 17.1 Å². The van der Waals surface area contributed by atoms with Crippen LogP contribution < -0.4 is 4.90 Å². The Bertz CT molecular complexity index is 421. The highest BCUT2D eigenvalue weighted by molar-refractivity contribution is 5.93. The molecule has 0 fully saturated rings. The molecule has 2 heterocycles. The lowest BCUT2D eigenvalue weighted by atomic mass is 10.3. The van der Waals surface area contributed by atoms with Crippen LogP contribution in [0.1, 0.15) is 16.2 Å². The Balaban J connectivity index is 2.42. The van der Waals surface area contributed by atoms with Gasteiger partial charge in [-0.1, -0.05) is 12.2 Å². The molecule has 0 spiro atoms. The molecule has 0 saturated carbocycles. The van der Waals surface area contributed by atoms with E-state index in [0.717, 1.165) is 0 Å². The molecule has 0 atom stereocenters. The topological polar surface area (TPSA) is 66.3 Å². The summed E-state index contributed by atoms with van der Waals surface area (Å²) in [5, 5.41) is 8.99. The van der Waals surface area contributed by atoms with Gasteiger partial charge in [0.2, 0.25) is 0 Å². The van der Waals surface area contributed by atoms with Gasteiger partial charge in [0.05, 0.1) is 0 Å². The van der Waals surface area contributed by atoms with Crippen LogP contribution in [0.3, 0.4) is 0 Å². The number of hydrogen-bond acceptors (Lipinski definition) is 4. The SMILES string of the molecule is Cc1ncc(C(=O)O)c(N2CC=CC2)n1. The molecule has 1 aliphatic rings. The van der Waals surface area contributed by atoms with Crippen LogP contribution in [0.4, 0.5) is 5.82 Å². The first kappa shape index (κ1) is 9.64. The second-order valence-electron chi connectivity index (χ2n) is 3.34. The van der Waals surface area contributed by atoms with Gasteiger partial charge in [0.1, 0.15) is 17.2 Å². The van der Waals surface area contributed by atoms with Crippen molar-refractivity contribution in [2.45, 2.75) is 6.92 Å². The van der Waals surface area contributed by atoms with Gasteiger partial charge in [-0.3, -0.25) is 0 Å². The van der Waals surface area contributed by atoms with E-state index >= 15 is 0 Å². The average molecular weight is 205 g/mol. The van der Waals surface area contributed by atoms with Gasteiger partial charge in [-0.15, -0.1) is 0 Å². The van der Waals surface area contributed by atoms with Crippen molar-refractivity contribution in [2.24, 2.45) is 0 Å². The number of nitrogens with zero attached hydrogens (tertiary/aromatic N) is 3. The van der Waals surface area contributed by atoms with Gasteiger partial charge in [-0.2, -0.15) is 0 Å². The highest BCUT2D eigenvalue weighted by Crippen LogP contribution is 2.19. The van der Waals surface area contributed by atoms with E-state index in [0.29, 0.717) is 24.7 Å². The molecule has 78 valence electrons. The molecule has 0 saturated heterocycles. The molecular weight excluding hydrogens is 194 g/mol. The third-order valence-electron chi connectivity index (χ3n) is 2.24. The van der Waals surface area contributed by atoms with E-state index in [1.165, 1.54) is 6.20 Å². The summed E-state index contributed by atoms with van der Waals surface area (Å²) in [6, 6.07) is 0. The largest absolute Gasteiger partial charge is 0.477 e. The van der Waals surface area contributed by atoms with Crippen LogP contribution in [0.2, 0.25) is 0 Å². The molecule has 2 rings (SSSR count). The number of aromatic nitrogens is 2. The number of hydrogen-bond donors (Lipinski definition) is 1. The second-order valence-corrected chi connectivity index (χ2v) is 3.34. The summed E-state index contributed by atoms with van der Waals surface area (Å²) in [4.78, 5) is 20.9. The van der Waals surface area contributed by atoms with Gasteiger partial charge in [-0.05, 0) is 6.92 Å². The molecule has 0 amide bonds. The van der Waals surface area contributed by atoms with E-state index < -0.39 is 5.97 Å². The summed E-state index contributed by atoms with van der Waals surface area (Å²) in [5.41, 5.74) is 0.157. The van der Waals surface area contributed by atoms with E-state index in [2.05, 4.69) is 9.97 Å². The molecule has 1 N–H and O–H groups in total. The Hall–Kier alpha value is -1.91. The standard InChI is InChI=1S/C10H11N3O2/c1-7-11-6-8(10(14)15)9(12-7)13-4-2-3-5-13/h2-3,6H,4-5H2,1H3,(H,14,15). The number of anilines is 1. The zero-order chi connectivity index (χ0) is 10.8. The lowest BCUT2D eigenvalue weighted by Crippen LogP contribution is -2.23. The summed E-state index contributed by atoms with van der Waals surface area (Å²) < 4.78 is 0. The zero-order valence-corrected chi connectivity index (χ0v) is 8.34. The minimum absolute atomic E-state index is 0.157. The van der Waals surface area contributed by atoms with Gasteiger partial charge < -0.3 is 10.0 Å². The van der Waals surface area contributed by atoms with Crippen molar-refractivity contribution < 1.29 is 9.90 Å². The van der Waals surface area contributed by atoms with E-state index in [-0.39, 0.29) is 5.56 Å². The number of carboxylic acids is 1. The molecular formula is C10H11N3O2. The van der Waals surface area contributed by atoms with Crippen LogP contribution in [0, 0.1) is 6.92 Å². The lowest BCUT2D eigenvalue weighted by molar-refractivity contribution is 0.0696. The molecule has 1 aliphatic heterocycles. The van der Waals surface area contributed by atoms with E-state index in [4.69, 9.17) is 5.11 Å². The number of aromatic carboxylic acids is 1. The first-order valence-electron chi connectivity index (χ1n) is 4.65. The predicted octanol–water partition coefficient (Wildman–Crippen LogP) is 0.859. The normalized spacial score (nSPS) is 14.6. The molecule has 0 aromatic carbocycles. The van der Waals surface area contributed by atoms with Crippen LogP contribution in [0.15, 0.2) is 18.3 Å². The fraction of sp³-hybridized carbons (Fsp3) is 0.300. The summed E-state index contributed by atoms with van der Waals surface area (Å²) in [7, 11) is 0. The van der Waals surface area contributed by atoms with Crippen molar-refractivity contribution in [2.75, 3.05) is 18.0 Å². The van der Waals surface area contributed by atoms with Crippen molar-refractivity contribution in [1.29, 1.82) is 0 Å². The summed E-state index contributed by atoms with van der Waals surface area (Å²) in [5.74, 6) is 0.0961. The highest BCUT2D eigenvalue weighted by atomic mass is 16.4. The second kappa shape index (κ2) is 3.68. The van der Waals surface area contributed by atoms with Crippen molar-refractivity contribution >= 4 is 11.8 Å². The zero-order valence-electron chi connectivity index (χ0n) is 8.34. The Morgan fingerprint density at radius 1 is 1.47 bits per heavy atom. The van der Waals surface area contributed by atoms with E-state index in [1.54, 1.807) is 6.92 Å². The smallest absolute Gasteiger partial charge is 0.341 e. The van der Waals surface area contributed by atoms with Crippen LogP contribution >= 0.6 is 0 Å². The van der Waals surface area contributed by atoms with Gasteiger partial charge in [0.15, 0.2) is 0 Å². The number of carboxylic acid groups (broad SMARTS) is 1. The Morgan fingerprint density at radius 3 is 2.73 bits per heavy atom. The first-order chi connectivity index (χ1) is 7.18. The maximum absolute atomic E-state index is 11.0. The molecule has 5 heteroatoms. The van der Waals surface area contributed by atoms with Gasteiger partial charge in [0, 0.05) is 19.3 Å². The maximum Gasteiger partial charge on any atom is 0.341 e. The molecule has 0 aliphatic carbocycles. The maximum atomic E-state index is 11.0. The summed E-state index contributed by atoms with van der Waals surface area (Å²) in [6.07, 6.45) is 5.34. The van der Waals surface area contributed by atoms with Gasteiger partial charge in [-0.25, -0.2) is 14.8 Å². The van der Waals surface area contributed by atoms with Gasteiger partial charge in [0.25, 0.3) is 0 Å². The summed E-state index contributed by atoms with van der Waals surface area (Å²) >= 11 is 0. The monoisotopic (exact) mass is 205 g/mol. The van der Waals surface area contributed by atoms with Crippen LogP contribution in [0.25, 0.3) is 0 Å². The van der Waals surface area contributed by atoms with Crippen LogP contribution in [-0.2, 0) is 0 Å². The van der Waals surface area contributed by atoms with Crippen LogP contribution in [-0.4, -0.2) is 34.1 Å². The van der Waals surface area contributed by atoms with Gasteiger partial charge >= 0.3 is 5.97 Å². The average Bonchev–Trinajstić information content (AvgIpc) is 2.69. The van der Waals surface area contributed by atoms with E-state index in [9.17, 15) is 4.79 Å². The molecule has 5 nitrogen and oxygen atoms in total. The fourth-order valence-corrected chi connectivity index (χ4v) is 1.50. The van der Waals surface area contributed by atoms with Crippen molar-refractivity contribution in [3.05, 3.63) is 29.7 Å². The van der Waals surface area contributed by atoms with Crippen molar-refractivity contribution in [1.82, 2.24) is 9.97 Å². The molecule has 0 bridgehead atoms. The number of aryl methyl sites for hydroxylation is 1. The van der Waals surface area contributed by atoms with Crippen LogP contribution in [0.5, 0.6) is 0 Å². The minimum atomic E-state index is -0.989. The summed E-state index contributed by atoms with van der Waals surface area (Å²) in [6.45, 7) is 3.16. The highest BCUT2D eigenvalue weighted by Gasteiger charge is 2.18. The fourth-order valence-electron chi connectivity index (χ4n) is 1.50. The number of carbonyl (C=O) groups is 1. The Morgan fingerprint density at radius 2 is 2.13 bits per heavy atom. The van der Waals surface area contributed by atoms with Crippen molar-refractivity contribution in [3.8, 4) is 0 Å². The molecule has 15 heavy (non-hydrogen) atoms. The lowest BCUT2D eigenvalue weighted by Gasteiger charge is -2.18. The molecule has 1 aromatic heterocycles. The molecule has 1 aromatic rings. The molecule has 0 unspecified atom stereocenters. The Kier molecular flexibility index (Phi) is 2.37.